The molecule has 1 atom stereocenters. The van der Waals surface area contributed by atoms with Gasteiger partial charge in [0.1, 0.15) is 6.10 Å². The molecule has 1 aliphatic carbocycles. The van der Waals surface area contributed by atoms with Crippen LogP contribution in [0, 0.1) is 0 Å². The first-order valence-electron chi connectivity index (χ1n) is 5.71. The van der Waals surface area contributed by atoms with Crippen LogP contribution in [0.1, 0.15) is 22.8 Å². The molecule has 0 amide bonds. The van der Waals surface area contributed by atoms with Crippen molar-refractivity contribution in [3.05, 3.63) is 59.2 Å². The number of ether oxygens (including phenoxy) is 1. The van der Waals surface area contributed by atoms with E-state index >= 15 is 0 Å². The Bertz CT molecular complexity index is 561. The number of aliphatic hydroxyl groups is 1. The smallest absolute Gasteiger partial charge is 0.109 e. The normalized spacial score (nSPS) is 16.7. The zero-order valence-electron chi connectivity index (χ0n) is 9.68. The first-order chi connectivity index (χ1) is 8.36. The molecule has 0 aromatic heterocycles. The van der Waals surface area contributed by atoms with Gasteiger partial charge in [-0.2, -0.15) is 0 Å². The molecule has 0 aliphatic heterocycles. The summed E-state index contributed by atoms with van der Waals surface area (Å²) in [4.78, 5) is 0. The Balaban J connectivity index is 2.30. The second-order valence-corrected chi connectivity index (χ2v) is 4.24. The minimum atomic E-state index is -0.0513. The third-order valence-corrected chi connectivity index (χ3v) is 3.40. The molecule has 0 fully saturated rings. The predicted octanol–water partition coefficient (Wildman–Crippen LogP) is 2.90. The molecule has 2 heteroatoms. The van der Waals surface area contributed by atoms with E-state index in [9.17, 15) is 5.11 Å². The number of benzene rings is 2. The fourth-order valence-electron chi connectivity index (χ4n) is 2.67. The molecule has 0 bridgehead atoms. The van der Waals surface area contributed by atoms with Crippen LogP contribution in [-0.4, -0.2) is 12.2 Å². The van der Waals surface area contributed by atoms with E-state index in [1.165, 1.54) is 16.7 Å². The van der Waals surface area contributed by atoms with Crippen LogP contribution >= 0.6 is 0 Å². The Morgan fingerprint density at radius 3 is 2.59 bits per heavy atom. The van der Waals surface area contributed by atoms with Gasteiger partial charge in [0.15, 0.2) is 0 Å². The van der Waals surface area contributed by atoms with Gasteiger partial charge in [0.05, 0.1) is 6.61 Å². The summed E-state index contributed by atoms with van der Waals surface area (Å²) in [5, 5.41) is 9.44. The van der Waals surface area contributed by atoms with Gasteiger partial charge in [0.25, 0.3) is 0 Å². The van der Waals surface area contributed by atoms with E-state index in [4.69, 9.17) is 4.74 Å². The van der Waals surface area contributed by atoms with Crippen molar-refractivity contribution in [1.29, 1.82) is 0 Å². The number of fused-ring (bicyclic) bond motifs is 3. The van der Waals surface area contributed by atoms with Gasteiger partial charge in [0.2, 0.25) is 0 Å². The second kappa shape index (κ2) is 3.99. The Hall–Kier alpha value is -1.64. The Morgan fingerprint density at radius 1 is 1.06 bits per heavy atom. The quantitative estimate of drug-likeness (QED) is 0.853. The maximum atomic E-state index is 9.44. The zero-order chi connectivity index (χ0) is 11.8. The van der Waals surface area contributed by atoms with E-state index in [0.717, 1.165) is 11.1 Å². The topological polar surface area (TPSA) is 29.5 Å². The van der Waals surface area contributed by atoms with Crippen LogP contribution in [0.5, 0.6) is 0 Å². The van der Waals surface area contributed by atoms with Gasteiger partial charge in [-0.15, -0.1) is 0 Å². The summed E-state index contributed by atoms with van der Waals surface area (Å²) >= 11 is 0. The molecule has 0 heterocycles. The lowest BCUT2D eigenvalue weighted by Gasteiger charge is -2.14. The molecule has 2 aromatic carbocycles. The number of rotatable bonds is 2. The summed E-state index contributed by atoms with van der Waals surface area (Å²) in [6, 6.07) is 14.3. The molecule has 3 rings (SSSR count). The fourth-order valence-corrected chi connectivity index (χ4v) is 2.67. The van der Waals surface area contributed by atoms with Gasteiger partial charge < -0.3 is 9.84 Å². The van der Waals surface area contributed by atoms with E-state index < -0.39 is 0 Å². The van der Waals surface area contributed by atoms with Gasteiger partial charge in [-0.3, -0.25) is 0 Å². The van der Waals surface area contributed by atoms with Crippen molar-refractivity contribution >= 4 is 0 Å². The van der Waals surface area contributed by atoms with Crippen molar-refractivity contribution in [2.75, 3.05) is 7.11 Å². The molecular formula is C15H14O2. The highest BCUT2D eigenvalue weighted by Gasteiger charge is 2.29. The molecule has 2 aromatic rings. The lowest BCUT2D eigenvalue weighted by molar-refractivity contribution is 0.137. The number of hydrogen-bond donors (Lipinski definition) is 1. The highest BCUT2D eigenvalue weighted by Crippen LogP contribution is 2.46. The minimum absolute atomic E-state index is 0.0513. The second-order valence-electron chi connectivity index (χ2n) is 4.24. The number of aliphatic hydroxyl groups excluding tert-OH is 1. The van der Waals surface area contributed by atoms with Gasteiger partial charge in [0, 0.05) is 7.11 Å². The van der Waals surface area contributed by atoms with Crippen LogP contribution in [-0.2, 0) is 11.3 Å². The molecule has 1 N–H and O–H groups in total. The average Bonchev–Trinajstić information content (AvgIpc) is 2.72. The van der Waals surface area contributed by atoms with Crippen molar-refractivity contribution < 1.29 is 9.84 Å². The zero-order valence-corrected chi connectivity index (χ0v) is 9.68. The van der Waals surface area contributed by atoms with Crippen LogP contribution in [0.3, 0.4) is 0 Å². The van der Waals surface area contributed by atoms with E-state index in [1.807, 2.05) is 24.3 Å². The third kappa shape index (κ3) is 1.42. The summed E-state index contributed by atoms with van der Waals surface area (Å²) in [5.74, 6) is 0. The van der Waals surface area contributed by atoms with E-state index in [0.29, 0.717) is 0 Å². The molecule has 0 radical (unpaired) electrons. The van der Waals surface area contributed by atoms with Crippen LogP contribution in [0.4, 0.5) is 0 Å². The van der Waals surface area contributed by atoms with E-state index in [2.05, 4.69) is 18.2 Å². The lowest BCUT2D eigenvalue weighted by Crippen LogP contribution is -2.02. The lowest BCUT2D eigenvalue weighted by atomic mass is 10.0. The summed E-state index contributed by atoms with van der Waals surface area (Å²) in [6.45, 7) is 0.0526. The number of methoxy groups -OCH3 is 1. The SMILES string of the molecule is COC1c2ccccc2-c2cccc(CO)c21. The van der Waals surface area contributed by atoms with Gasteiger partial charge >= 0.3 is 0 Å². The van der Waals surface area contributed by atoms with Crippen molar-refractivity contribution in [1.82, 2.24) is 0 Å². The standard InChI is InChI=1S/C15H14O2/c1-17-15-13-7-3-2-6-11(13)12-8-4-5-10(9-16)14(12)15/h2-8,15-16H,9H2,1H3. The van der Waals surface area contributed by atoms with Crippen molar-refractivity contribution in [2.45, 2.75) is 12.7 Å². The van der Waals surface area contributed by atoms with Crippen molar-refractivity contribution in [3.63, 3.8) is 0 Å². The van der Waals surface area contributed by atoms with Crippen LogP contribution in [0.15, 0.2) is 42.5 Å². The van der Waals surface area contributed by atoms with Crippen LogP contribution in [0.2, 0.25) is 0 Å². The number of hydrogen-bond acceptors (Lipinski definition) is 2. The third-order valence-electron chi connectivity index (χ3n) is 3.40. The minimum Gasteiger partial charge on any atom is -0.392 e. The maximum absolute atomic E-state index is 9.44. The van der Waals surface area contributed by atoms with Gasteiger partial charge in [-0.05, 0) is 27.8 Å². The summed E-state index contributed by atoms with van der Waals surface area (Å²) in [5.41, 5.74) is 5.64. The first kappa shape index (κ1) is 10.5. The molecule has 0 spiro atoms. The molecule has 0 saturated carbocycles. The average molecular weight is 226 g/mol. The largest absolute Gasteiger partial charge is 0.392 e. The molecule has 1 unspecified atom stereocenters. The molecule has 1 aliphatic rings. The summed E-state index contributed by atoms with van der Waals surface area (Å²) in [7, 11) is 1.71. The predicted molar refractivity (Wildman–Crippen MR) is 66.7 cm³/mol. The Labute approximate surface area is 100 Å². The molecule has 2 nitrogen and oxygen atoms in total. The van der Waals surface area contributed by atoms with Gasteiger partial charge in [-0.25, -0.2) is 0 Å². The fraction of sp³-hybridized carbons (Fsp3) is 0.200. The highest BCUT2D eigenvalue weighted by atomic mass is 16.5. The van der Waals surface area contributed by atoms with Crippen molar-refractivity contribution in [2.24, 2.45) is 0 Å². The van der Waals surface area contributed by atoms with Crippen LogP contribution < -0.4 is 0 Å². The molecular weight excluding hydrogens is 212 g/mol. The van der Waals surface area contributed by atoms with Gasteiger partial charge in [-0.1, -0.05) is 42.5 Å². The van der Waals surface area contributed by atoms with E-state index in [1.54, 1.807) is 7.11 Å². The Kier molecular flexibility index (Phi) is 2.46. The Morgan fingerprint density at radius 2 is 1.82 bits per heavy atom. The van der Waals surface area contributed by atoms with Crippen LogP contribution in [0.25, 0.3) is 11.1 Å². The first-order valence-corrected chi connectivity index (χ1v) is 5.71. The summed E-state index contributed by atoms with van der Waals surface area (Å²) in [6.07, 6.45) is -0.0513. The molecule has 86 valence electrons. The monoisotopic (exact) mass is 226 g/mol. The molecule has 17 heavy (non-hydrogen) atoms. The van der Waals surface area contributed by atoms with Crippen molar-refractivity contribution in [3.8, 4) is 11.1 Å². The maximum Gasteiger partial charge on any atom is 0.109 e. The van der Waals surface area contributed by atoms with E-state index in [-0.39, 0.29) is 12.7 Å². The summed E-state index contributed by atoms with van der Waals surface area (Å²) < 4.78 is 5.60. The highest BCUT2D eigenvalue weighted by molar-refractivity contribution is 5.79. The molecule has 0 saturated heterocycles.